The number of rotatable bonds is 3. The topological polar surface area (TPSA) is 38.2 Å². The van der Waals surface area contributed by atoms with Crippen LogP contribution in [0.1, 0.15) is 31.8 Å². The molecule has 0 radical (unpaired) electrons. The quantitative estimate of drug-likeness (QED) is 0.804. The maximum atomic E-state index is 5.10. The van der Waals surface area contributed by atoms with E-state index in [1.807, 2.05) is 6.92 Å². The summed E-state index contributed by atoms with van der Waals surface area (Å²) in [4.78, 5) is 11.3. The number of ether oxygens (including phenoxy) is 1. The van der Waals surface area contributed by atoms with Crippen LogP contribution in [-0.4, -0.2) is 29.7 Å². The molecule has 1 aromatic heterocycles. The van der Waals surface area contributed by atoms with Crippen LogP contribution in [-0.2, 0) is 11.3 Å². The lowest BCUT2D eigenvalue weighted by atomic mass is 10.1. The Hall–Kier alpha value is -1.16. The smallest absolute Gasteiger partial charge is 0.156 e. The minimum Gasteiger partial charge on any atom is -0.377 e. The molecule has 0 aromatic carbocycles. The van der Waals surface area contributed by atoms with Gasteiger partial charge in [0, 0.05) is 31.5 Å². The van der Waals surface area contributed by atoms with E-state index in [9.17, 15) is 0 Å². The van der Waals surface area contributed by atoms with E-state index in [-0.39, 0.29) is 0 Å². The Bertz CT molecular complexity index is 394. The Morgan fingerprint density at radius 3 is 2.76 bits per heavy atom. The number of aryl methyl sites for hydroxylation is 1. The first-order valence-corrected chi connectivity index (χ1v) is 6.22. The van der Waals surface area contributed by atoms with E-state index in [0.29, 0.717) is 12.6 Å². The van der Waals surface area contributed by atoms with Crippen LogP contribution in [0.5, 0.6) is 0 Å². The lowest BCUT2D eigenvalue weighted by Crippen LogP contribution is -2.30. The fourth-order valence-electron chi connectivity index (χ4n) is 2.37. The van der Waals surface area contributed by atoms with Crippen LogP contribution in [0.4, 0.5) is 5.82 Å². The predicted octanol–water partition coefficient (Wildman–Crippen LogP) is 2.17. The van der Waals surface area contributed by atoms with Gasteiger partial charge in [0.25, 0.3) is 0 Å². The van der Waals surface area contributed by atoms with Crippen molar-refractivity contribution < 1.29 is 4.74 Å². The lowest BCUT2D eigenvalue weighted by molar-refractivity contribution is 0.177. The van der Waals surface area contributed by atoms with Gasteiger partial charge in [-0.3, -0.25) is 0 Å². The number of aromatic nitrogens is 2. The summed E-state index contributed by atoms with van der Waals surface area (Å²) in [7, 11) is 1.67. The summed E-state index contributed by atoms with van der Waals surface area (Å²) < 4.78 is 5.10. The second kappa shape index (κ2) is 5.00. The highest BCUT2D eigenvalue weighted by Gasteiger charge is 2.28. The fourth-order valence-corrected chi connectivity index (χ4v) is 2.37. The number of hydrogen-bond donors (Lipinski definition) is 0. The van der Waals surface area contributed by atoms with Crippen LogP contribution in [0.3, 0.4) is 0 Å². The molecule has 1 aliphatic heterocycles. The van der Waals surface area contributed by atoms with Gasteiger partial charge >= 0.3 is 0 Å². The zero-order chi connectivity index (χ0) is 12.4. The third kappa shape index (κ3) is 2.57. The van der Waals surface area contributed by atoms with Crippen molar-refractivity contribution in [2.75, 3.05) is 18.6 Å². The van der Waals surface area contributed by atoms with Crippen LogP contribution in [0.2, 0.25) is 0 Å². The molecule has 1 aromatic rings. The molecule has 2 rings (SSSR count). The molecular formula is C13H21N3O. The summed E-state index contributed by atoms with van der Waals surface area (Å²) in [6.45, 7) is 8.14. The number of anilines is 1. The van der Waals surface area contributed by atoms with Gasteiger partial charge in [-0.25, -0.2) is 9.97 Å². The van der Waals surface area contributed by atoms with Crippen LogP contribution in [0.25, 0.3) is 0 Å². The molecule has 0 aliphatic carbocycles. The number of nitrogens with zero attached hydrogens (tertiary/aromatic N) is 3. The molecule has 1 aliphatic rings. The molecule has 4 heteroatoms. The van der Waals surface area contributed by atoms with Crippen LogP contribution < -0.4 is 4.90 Å². The zero-order valence-corrected chi connectivity index (χ0v) is 11.1. The van der Waals surface area contributed by atoms with Gasteiger partial charge in [-0.05, 0) is 26.2 Å². The van der Waals surface area contributed by atoms with Crippen LogP contribution in [0.15, 0.2) is 6.07 Å². The average Bonchev–Trinajstić information content (AvgIpc) is 2.59. The predicted molar refractivity (Wildman–Crippen MR) is 68.1 cm³/mol. The van der Waals surface area contributed by atoms with Crippen molar-refractivity contribution >= 4 is 5.82 Å². The van der Waals surface area contributed by atoms with Gasteiger partial charge in [0.2, 0.25) is 0 Å². The molecule has 1 saturated heterocycles. The Morgan fingerprint density at radius 1 is 1.41 bits per heavy atom. The van der Waals surface area contributed by atoms with E-state index in [1.165, 1.54) is 6.42 Å². The highest BCUT2D eigenvalue weighted by atomic mass is 16.5. The van der Waals surface area contributed by atoms with Crippen molar-refractivity contribution in [2.45, 2.75) is 39.8 Å². The first-order chi connectivity index (χ1) is 8.11. The number of hydrogen-bond acceptors (Lipinski definition) is 4. The van der Waals surface area contributed by atoms with Crippen molar-refractivity contribution in [3.8, 4) is 0 Å². The number of methoxy groups -OCH3 is 1. The van der Waals surface area contributed by atoms with Gasteiger partial charge in [-0.15, -0.1) is 0 Å². The van der Waals surface area contributed by atoms with E-state index < -0.39 is 0 Å². The molecule has 2 atom stereocenters. The first-order valence-electron chi connectivity index (χ1n) is 6.22. The fraction of sp³-hybridized carbons (Fsp3) is 0.692. The molecule has 1 fully saturated rings. The molecular weight excluding hydrogens is 214 g/mol. The van der Waals surface area contributed by atoms with Crippen molar-refractivity contribution in [1.29, 1.82) is 0 Å². The maximum absolute atomic E-state index is 5.10. The Morgan fingerprint density at radius 2 is 2.18 bits per heavy atom. The van der Waals surface area contributed by atoms with E-state index >= 15 is 0 Å². The molecule has 2 unspecified atom stereocenters. The zero-order valence-electron chi connectivity index (χ0n) is 11.1. The monoisotopic (exact) mass is 235 g/mol. The third-order valence-electron chi connectivity index (χ3n) is 3.60. The lowest BCUT2D eigenvalue weighted by Gasteiger charge is -2.25. The molecule has 0 spiro atoms. The molecule has 17 heavy (non-hydrogen) atoms. The van der Waals surface area contributed by atoms with Crippen molar-refractivity contribution in [1.82, 2.24) is 9.97 Å². The molecule has 4 nitrogen and oxygen atoms in total. The minimum absolute atomic E-state index is 0.479. The summed E-state index contributed by atoms with van der Waals surface area (Å²) in [5, 5.41) is 0. The average molecular weight is 235 g/mol. The highest BCUT2D eigenvalue weighted by molar-refractivity contribution is 5.42. The molecule has 2 heterocycles. The second-order valence-electron chi connectivity index (χ2n) is 4.92. The first kappa shape index (κ1) is 12.3. The van der Waals surface area contributed by atoms with Gasteiger partial charge in [0.05, 0.1) is 0 Å². The van der Waals surface area contributed by atoms with Gasteiger partial charge < -0.3 is 9.64 Å². The molecule has 0 N–H and O–H groups in total. The highest BCUT2D eigenvalue weighted by Crippen LogP contribution is 2.28. The summed E-state index contributed by atoms with van der Waals surface area (Å²) in [5.74, 6) is 2.55. The van der Waals surface area contributed by atoms with E-state index in [0.717, 1.165) is 29.8 Å². The van der Waals surface area contributed by atoms with Gasteiger partial charge in [0.1, 0.15) is 12.4 Å². The van der Waals surface area contributed by atoms with Crippen LogP contribution >= 0.6 is 0 Å². The standard InChI is InChI=1S/C13H21N3O/c1-9-5-6-16(11(9)3)13-7-10(2)14-12(15-13)8-17-4/h7,9,11H,5-6,8H2,1-4H3. The van der Waals surface area contributed by atoms with Crippen molar-refractivity contribution in [2.24, 2.45) is 5.92 Å². The Kier molecular flexibility index (Phi) is 3.62. The largest absolute Gasteiger partial charge is 0.377 e. The molecule has 0 saturated carbocycles. The Balaban J connectivity index is 2.26. The van der Waals surface area contributed by atoms with Gasteiger partial charge in [-0.1, -0.05) is 6.92 Å². The second-order valence-corrected chi connectivity index (χ2v) is 4.92. The van der Waals surface area contributed by atoms with Gasteiger partial charge in [-0.2, -0.15) is 0 Å². The summed E-state index contributed by atoms with van der Waals surface area (Å²) in [6.07, 6.45) is 1.24. The SMILES string of the molecule is COCc1nc(C)cc(N2CCC(C)C2C)n1. The van der Waals surface area contributed by atoms with Crippen molar-refractivity contribution in [3.63, 3.8) is 0 Å². The van der Waals surface area contributed by atoms with Gasteiger partial charge in [0.15, 0.2) is 5.82 Å². The van der Waals surface area contributed by atoms with E-state index in [1.54, 1.807) is 7.11 Å². The molecule has 0 amide bonds. The van der Waals surface area contributed by atoms with Crippen LogP contribution in [0, 0.1) is 12.8 Å². The minimum atomic E-state index is 0.479. The van der Waals surface area contributed by atoms with Crippen molar-refractivity contribution in [3.05, 3.63) is 17.6 Å². The van der Waals surface area contributed by atoms with E-state index in [2.05, 4.69) is 34.8 Å². The summed E-state index contributed by atoms with van der Waals surface area (Å²) in [6, 6.07) is 2.62. The maximum Gasteiger partial charge on any atom is 0.156 e. The third-order valence-corrected chi connectivity index (χ3v) is 3.60. The summed E-state index contributed by atoms with van der Waals surface area (Å²) >= 11 is 0. The normalized spacial score (nSPS) is 24.4. The van der Waals surface area contributed by atoms with E-state index in [4.69, 9.17) is 4.74 Å². The molecule has 0 bridgehead atoms. The molecule has 94 valence electrons. The Labute approximate surface area is 103 Å². The summed E-state index contributed by atoms with van der Waals surface area (Å²) in [5.41, 5.74) is 1.01.